The molecule has 2 aliphatic rings. The van der Waals surface area contributed by atoms with E-state index in [2.05, 4.69) is 0 Å². The lowest BCUT2D eigenvalue weighted by Gasteiger charge is -2.33. The molecule has 1 atom stereocenters. The van der Waals surface area contributed by atoms with Gasteiger partial charge in [0.2, 0.25) is 5.76 Å². The first-order valence-corrected chi connectivity index (χ1v) is 9.73. The van der Waals surface area contributed by atoms with E-state index in [-0.39, 0.29) is 24.5 Å². The maximum absolute atomic E-state index is 13.7. The molecule has 0 fully saturated rings. The highest BCUT2D eigenvalue weighted by molar-refractivity contribution is 6.16. The van der Waals surface area contributed by atoms with Gasteiger partial charge < -0.3 is 19.3 Å². The number of aryl methyl sites for hydroxylation is 2. The van der Waals surface area contributed by atoms with Crippen LogP contribution in [-0.4, -0.2) is 42.0 Å². The number of rotatable bonds is 2. The summed E-state index contributed by atoms with van der Waals surface area (Å²) in [5.41, 5.74) is 1.28. The van der Waals surface area contributed by atoms with Crippen molar-refractivity contribution in [1.29, 1.82) is 0 Å². The van der Waals surface area contributed by atoms with E-state index in [4.69, 9.17) is 4.42 Å². The van der Waals surface area contributed by atoms with Crippen molar-refractivity contribution in [2.24, 2.45) is 0 Å². The average molecular weight is 404 g/mol. The molecule has 0 unspecified atom stereocenters. The second kappa shape index (κ2) is 6.03. The summed E-state index contributed by atoms with van der Waals surface area (Å²) in [7, 11) is 1.62. The fourth-order valence-electron chi connectivity index (χ4n) is 4.75. The second-order valence-electron chi connectivity index (χ2n) is 7.84. The lowest BCUT2D eigenvalue weighted by Crippen LogP contribution is -2.53. The highest BCUT2D eigenvalue weighted by atomic mass is 16.3. The van der Waals surface area contributed by atoms with E-state index in [0.29, 0.717) is 22.2 Å². The zero-order valence-electron chi connectivity index (χ0n) is 16.9. The van der Waals surface area contributed by atoms with Crippen molar-refractivity contribution < 1.29 is 19.1 Å². The maximum Gasteiger partial charge on any atom is 0.291 e. The molecule has 5 rings (SSSR count). The van der Waals surface area contributed by atoms with Crippen LogP contribution in [-0.2, 0) is 10.3 Å². The fraction of sp³-hybridized carbons (Fsp3) is 0.261. The molecule has 1 spiro atoms. The quantitative estimate of drug-likeness (QED) is 0.706. The third-order valence-electron chi connectivity index (χ3n) is 6.31. The molecule has 0 radical (unpaired) electrons. The molecule has 2 aliphatic heterocycles. The molecule has 0 saturated carbocycles. The summed E-state index contributed by atoms with van der Waals surface area (Å²) < 4.78 is 5.95. The van der Waals surface area contributed by atoms with Gasteiger partial charge in [-0.25, -0.2) is 0 Å². The SMILES string of the molecule is Cc1cc2oc3c(c(=O)c2cc1C)[C@@]1(C(=O)N(C)c2ccccc21)N(CCO)C3=O. The van der Waals surface area contributed by atoms with Crippen LogP contribution < -0.4 is 10.3 Å². The molecule has 2 aromatic carbocycles. The Morgan fingerprint density at radius 2 is 1.77 bits per heavy atom. The van der Waals surface area contributed by atoms with Crippen molar-refractivity contribution in [3.63, 3.8) is 0 Å². The molecule has 3 aromatic rings. The summed E-state index contributed by atoms with van der Waals surface area (Å²) in [5.74, 6) is -1.13. The van der Waals surface area contributed by atoms with E-state index in [9.17, 15) is 19.5 Å². The number of likely N-dealkylation sites (N-methyl/N-ethyl adjacent to an activating group) is 1. The third kappa shape index (κ3) is 2.00. The van der Waals surface area contributed by atoms with Gasteiger partial charge in [-0.1, -0.05) is 18.2 Å². The van der Waals surface area contributed by atoms with Crippen molar-refractivity contribution in [1.82, 2.24) is 4.90 Å². The number of aliphatic hydroxyl groups is 1. The topological polar surface area (TPSA) is 91.1 Å². The Morgan fingerprint density at radius 3 is 2.50 bits per heavy atom. The molecule has 0 aliphatic carbocycles. The van der Waals surface area contributed by atoms with Crippen LogP contribution in [0.3, 0.4) is 0 Å². The standard InChI is InChI=1S/C23H20N2O5/c1-12-10-14-17(11-13(12)2)30-20-18(19(14)27)23(25(8-9-26)21(20)28)15-6-4-5-7-16(15)24(3)22(23)29/h4-7,10-11,26H,8-9H2,1-3H3/t23-/m0/s1. The first kappa shape index (κ1) is 18.6. The first-order chi connectivity index (χ1) is 14.3. The minimum absolute atomic E-state index is 0.0264. The van der Waals surface area contributed by atoms with Gasteiger partial charge in [-0.05, 0) is 43.2 Å². The van der Waals surface area contributed by atoms with Crippen LogP contribution in [0.5, 0.6) is 0 Å². The molecular weight excluding hydrogens is 384 g/mol. The number of fused-ring (bicyclic) bond motifs is 5. The van der Waals surface area contributed by atoms with Crippen molar-refractivity contribution in [2.75, 3.05) is 25.1 Å². The number of carbonyl (C=O) groups is 2. The Kier molecular flexibility index (Phi) is 3.73. The molecule has 3 heterocycles. The summed E-state index contributed by atoms with van der Waals surface area (Å²) in [6.07, 6.45) is 0. The lowest BCUT2D eigenvalue weighted by atomic mass is 9.84. The predicted molar refractivity (Wildman–Crippen MR) is 111 cm³/mol. The zero-order valence-corrected chi connectivity index (χ0v) is 16.9. The molecule has 7 heteroatoms. The van der Waals surface area contributed by atoms with Crippen LogP contribution >= 0.6 is 0 Å². The molecular formula is C23H20N2O5. The Bertz CT molecular complexity index is 1330. The van der Waals surface area contributed by atoms with Gasteiger partial charge in [-0.2, -0.15) is 0 Å². The number of hydrogen-bond acceptors (Lipinski definition) is 5. The molecule has 1 aromatic heterocycles. The second-order valence-corrected chi connectivity index (χ2v) is 7.84. The average Bonchev–Trinajstić information content (AvgIpc) is 3.10. The molecule has 0 bridgehead atoms. The van der Waals surface area contributed by atoms with E-state index in [1.165, 1.54) is 9.80 Å². The maximum atomic E-state index is 13.7. The number of nitrogens with zero attached hydrogens (tertiary/aromatic N) is 2. The van der Waals surface area contributed by atoms with Gasteiger partial charge >= 0.3 is 0 Å². The number of β-amino-alcohol motifs (C(OH)–C–C–N with tert-alkyl or cyclic N) is 1. The van der Waals surface area contributed by atoms with Crippen molar-refractivity contribution in [2.45, 2.75) is 19.4 Å². The fourth-order valence-corrected chi connectivity index (χ4v) is 4.75. The number of para-hydroxylation sites is 1. The van der Waals surface area contributed by atoms with E-state index in [1.807, 2.05) is 13.8 Å². The molecule has 0 saturated heterocycles. The lowest BCUT2D eigenvalue weighted by molar-refractivity contribution is -0.125. The highest BCUT2D eigenvalue weighted by Crippen LogP contribution is 2.51. The van der Waals surface area contributed by atoms with Crippen molar-refractivity contribution >= 4 is 28.5 Å². The minimum atomic E-state index is -1.64. The van der Waals surface area contributed by atoms with E-state index < -0.39 is 22.8 Å². The smallest absolute Gasteiger partial charge is 0.291 e. The van der Waals surface area contributed by atoms with Crippen LogP contribution in [0.2, 0.25) is 0 Å². The van der Waals surface area contributed by atoms with Crippen LogP contribution in [0.4, 0.5) is 5.69 Å². The number of aliphatic hydroxyl groups excluding tert-OH is 1. The van der Waals surface area contributed by atoms with Crippen LogP contribution in [0.25, 0.3) is 11.0 Å². The van der Waals surface area contributed by atoms with Crippen LogP contribution in [0.1, 0.15) is 32.8 Å². The monoisotopic (exact) mass is 404 g/mol. The Hall–Kier alpha value is -3.45. The van der Waals surface area contributed by atoms with Crippen LogP contribution in [0, 0.1) is 13.8 Å². The van der Waals surface area contributed by atoms with Gasteiger partial charge in [0.1, 0.15) is 5.58 Å². The summed E-state index contributed by atoms with van der Waals surface area (Å²) in [5, 5.41) is 10.00. The van der Waals surface area contributed by atoms with E-state index >= 15 is 0 Å². The van der Waals surface area contributed by atoms with Crippen molar-refractivity contribution in [3.05, 3.63) is 74.6 Å². The predicted octanol–water partition coefficient (Wildman–Crippen LogP) is 2.08. The Labute approximate surface area is 172 Å². The number of hydrogen-bond donors (Lipinski definition) is 1. The zero-order chi connectivity index (χ0) is 21.4. The van der Waals surface area contributed by atoms with Gasteiger partial charge in [0.05, 0.1) is 17.6 Å². The van der Waals surface area contributed by atoms with Gasteiger partial charge in [-0.3, -0.25) is 14.4 Å². The highest BCUT2D eigenvalue weighted by Gasteiger charge is 2.64. The summed E-state index contributed by atoms with van der Waals surface area (Å²) in [6, 6.07) is 10.6. The number of amides is 2. The third-order valence-corrected chi connectivity index (χ3v) is 6.31. The summed E-state index contributed by atoms with van der Waals surface area (Å²) >= 11 is 0. The first-order valence-electron chi connectivity index (χ1n) is 9.73. The largest absolute Gasteiger partial charge is 0.450 e. The van der Waals surface area contributed by atoms with Gasteiger partial charge in [0.15, 0.2) is 11.0 Å². The molecule has 2 amide bonds. The van der Waals surface area contributed by atoms with Crippen molar-refractivity contribution in [3.8, 4) is 0 Å². The normalized spacial score (nSPS) is 19.9. The molecule has 7 nitrogen and oxygen atoms in total. The number of carbonyl (C=O) groups excluding carboxylic acids is 2. The van der Waals surface area contributed by atoms with Gasteiger partial charge in [0, 0.05) is 24.8 Å². The summed E-state index contributed by atoms with van der Waals surface area (Å²) in [4.78, 5) is 43.5. The molecule has 1 N–H and O–H groups in total. The molecule has 152 valence electrons. The number of anilines is 1. The molecule has 30 heavy (non-hydrogen) atoms. The van der Waals surface area contributed by atoms with E-state index in [0.717, 1.165) is 11.1 Å². The summed E-state index contributed by atoms with van der Waals surface area (Å²) in [6.45, 7) is 3.33. The Balaban J connectivity index is 1.96. The Morgan fingerprint density at radius 1 is 1.07 bits per heavy atom. The van der Waals surface area contributed by atoms with Gasteiger partial charge in [0.25, 0.3) is 11.8 Å². The van der Waals surface area contributed by atoms with Crippen LogP contribution in [0.15, 0.2) is 45.6 Å². The van der Waals surface area contributed by atoms with Gasteiger partial charge in [-0.15, -0.1) is 0 Å². The number of benzene rings is 2. The minimum Gasteiger partial charge on any atom is -0.450 e. The van der Waals surface area contributed by atoms with E-state index in [1.54, 1.807) is 43.4 Å².